The molecule has 19 heavy (non-hydrogen) atoms. The fourth-order valence-electron chi connectivity index (χ4n) is 2.33. The largest absolute Gasteiger partial charge is 0.453 e. The topological polar surface area (TPSA) is 80.8 Å². The number of hydrogen-bond acceptors (Lipinski definition) is 6. The highest BCUT2D eigenvalue weighted by Gasteiger charge is 2.49. The summed E-state index contributed by atoms with van der Waals surface area (Å²) in [5.41, 5.74) is 0.305. The van der Waals surface area contributed by atoms with Crippen molar-refractivity contribution in [2.45, 2.75) is 24.4 Å². The number of aromatic nitrogens is 1. The van der Waals surface area contributed by atoms with Crippen LogP contribution in [0.15, 0.2) is 18.3 Å². The fourth-order valence-corrected chi connectivity index (χ4v) is 2.55. The second kappa shape index (κ2) is 5.01. The summed E-state index contributed by atoms with van der Waals surface area (Å²) in [5.74, 6) is -0.513. The summed E-state index contributed by atoms with van der Waals surface area (Å²) >= 11 is 5.02. The summed E-state index contributed by atoms with van der Waals surface area (Å²) in [5, 5.41) is 9.60. The number of fused-ring (bicyclic) bond motifs is 1. The summed E-state index contributed by atoms with van der Waals surface area (Å²) in [4.78, 5) is 14.8. The van der Waals surface area contributed by atoms with Crippen LogP contribution in [0.2, 0.25) is 0 Å². The van der Waals surface area contributed by atoms with Gasteiger partial charge in [0, 0.05) is 6.20 Å². The predicted octanol–water partition coefficient (Wildman–Crippen LogP) is 0.428. The zero-order chi connectivity index (χ0) is 13.4. The Morgan fingerprint density at radius 1 is 1.42 bits per heavy atom. The van der Waals surface area contributed by atoms with Crippen LogP contribution in [-0.2, 0) is 14.2 Å². The van der Waals surface area contributed by atoms with Crippen LogP contribution in [-0.4, -0.2) is 53.7 Å². The Labute approximate surface area is 114 Å². The van der Waals surface area contributed by atoms with E-state index in [1.165, 1.54) is 0 Å². The SMILES string of the molecule is O=C(O[C@@H]1CO[C@H]2[C@@H]1OC[C@@H]2O)c1ccc[nH]c1=S. The lowest BCUT2D eigenvalue weighted by Crippen LogP contribution is -2.34. The molecule has 2 saturated heterocycles. The highest BCUT2D eigenvalue weighted by molar-refractivity contribution is 7.71. The molecule has 0 radical (unpaired) electrons. The lowest BCUT2D eigenvalue weighted by atomic mass is 10.1. The number of carbonyl (C=O) groups excluding carboxylic acids is 1. The van der Waals surface area contributed by atoms with E-state index >= 15 is 0 Å². The first kappa shape index (κ1) is 12.7. The Kier molecular flexibility index (Phi) is 3.36. The van der Waals surface area contributed by atoms with E-state index < -0.39 is 30.4 Å². The van der Waals surface area contributed by atoms with E-state index in [9.17, 15) is 9.90 Å². The van der Waals surface area contributed by atoms with Crippen molar-refractivity contribution in [1.82, 2.24) is 4.98 Å². The summed E-state index contributed by atoms with van der Waals surface area (Å²) < 4.78 is 16.4. The van der Waals surface area contributed by atoms with Crippen molar-refractivity contribution in [1.29, 1.82) is 0 Å². The molecule has 7 heteroatoms. The number of carbonyl (C=O) groups is 1. The van der Waals surface area contributed by atoms with Crippen LogP contribution in [0.5, 0.6) is 0 Å². The average Bonchev–Trinajstić information content (AvgIpc) is 2.95. The normalized spacial score (nSPS) is 33.1. The Morgan fingerprint density at radius 3 is 3.00 bits per heavy atom. The van der Waals surface area contributed by atoms with E-state index in [2.05, 4.69) is 4.98 Å². The number of nitrogens with one attached hydrogen (secondary N) is 1. The molecule has 0 saturated carbocycles. The molecule has 3 heterocycles. The van der Waals surface area contributed by atoms with Crippen LogP contribution in [0.1, 0.15) is 10.4 Å². The summed E-state index contributed by atoms with van der Waals surface area (Å²) in [6.07, 6.45) is -0.342. The fraction of sp³-hybridized carbons (Fsp3) is 0.500. The predicted molar refractivity (Wildman–Crippen MR) is 66.3 cm³/mol. The van der Waals surface area contributed by atoms with Gasteiger partial charge in [-0.3, -0.25) is 0 Å². The first-order valence-electron chi connectivity index (χ1n) is 5.97. The number of aliphatic hydroxyl groups is 1. The van der Waals surface area contributed by atoms with Crippen LogP contribution in [0, 0.1) is 4.64 Å². The zero-order valence-electron chi connectivity index (χ0n) is 9.94. The minimum atomic E-state index is -0.659. The van der Waals surface area contributed by atoms with Crippen molar-refractivity contribution in [2.75, 3.05) is 13.2 Å². The van der Waals surface area contributed by atoms with Crippen molar-refractivity contribution >= 4 is 18.2 Å². The lowest BCUT2D eigenvalue weighted by molar-refractivity contribution is -0.0209. The minimum absolute atomic E-state index is 0.203. The molecular weight excluding hydrogens is 270 g/mol. The van der Waals surface area contributed by atoms with E-state index in [0.717, 1.165) is 0 Å². The van der Waals surface area contributed by atoms with Gasteiger partial charge in [0.2, 0.25) is 0 Å². The van der Waals surface area contributed by atoms with Gasteiger partial charge in [0.05, 0.1) is 18.8 Å². The number of aromatic amines is 1. The first-order chi connectivity index (χ1) is 9.16. The number of esters is 1. The molecule has 0 amide bonds. The molecule has 2 aliphatic rings. The monoisotopic (exact) mass is 283 g/mol. The molecule has 102 valence electrons. The van der Waals surface area contributed by atoms with Crippen molar-refractivity contribution in [2.24, 2.45) is 0 Å². The molecule has 2 aliphatic heterocycles. The smallest absolute Gasteiger partial charge is 0.341 e. The number of rotatable bonds is 2. The maximum absolute atomic E-state index is 12.0. The summed E-state index contributed by atoms with van der Waals surface area (Å²) in [6, 6.07) is 3.27. The van der Waals surface area contributed by atoms with E-state index in [0.29, 0.717) is 10.2 Å². The Balaban J connectivity index is 1.71. The van der Waals surface area contributed by atoms with Crippen LogP contribution < -0.4 is 0 Å². The van der Waals surface area contributed by atoms with Crippen molar-refractivity contribution in [3.63, 3.8) is 0 Å². The van der Waals surface area contributed by atoms with E-state index in [1.807, 2.05) is 0 Å². The molecule has 3 rings (SSSR count). The van der Waals surface area contributed by atoms with Crippen molar-refractivity contribution < 1.29 is 24.1 Å². The number of H-pyrrole nitrogens is 1. The molecule has 0 aromatic carbocycles. The third-order valence-corrected chi connectivity index (χ3v) is 3.62. The average molecular weight is 283 g/mol. The summed E-state index contributed by atoms with van der Waals surface area (Å²) in [7, 11) is 0. The van der Waals surface area contributed by atoms with E-state index in [4.69, 9.17) is 26.4 Å². The van der Waals surface area contributed by atoms with Crippen molar-refractivity contribution in [3.05, 3.63) is 28.5 Å². The van der Waals surface area contributed by atoms with Crippen LogP contribution in [0.4, 0.5) is 0 Å². The molecule has 0 aliphatic carbocycles. The molecule has 1 aromatic heterocycles. The molecule has 6 nitrogen and oxygen atoms in total. The van der Waals surface area contributed by atoms with Crippen LogP contribution in [0.25, 0.3) is 0 Å². The van der Waals surface area contributed by atoms with Gasteiger partial charge < -0.3 is 24.3 Å². The number of aliphatic hydroxyl groups excluding tert-OH is 1. The molecule has 0 bridgehead atoms. The van der Waals surface area contributed by atoms with Gasteiger partial charge in [-0.1, -0.05) is 12.2 Å². The van der Waals surface area contributed by atoms with Gasteiger partial charge in [0.15, 0.2) is 6.10 Å². The Hall–Kier alpha value is -1.28. The van der Waals surface area contributed by atoms with E-state index in [1.54, 1.807) is 18.3 Å². The minimum Gasteiger partial charge on any atom is -0.453 e. The molecule has 4 atom stereocenters. The molecular formula is C12H13NO5S. The van der Waals surface area contributed by atoms with Gasteiger partial charge in [0.25, 0.3) is 0 Å². The third kappa shape index (κ3) is 2.30. The maximum Gasteiger partial charge on any atom is 0.341 e. The second-order valence-corrected chi connectivity index (χ2v) is 4.93. The lowest BCUT2D eigenvalue weighted by Gasteiger charge is -2.16. The molecule has 2 N–H and O–H groups in total. The van der Waals surface area contributed by atoms with Crippen molar-refractivity contribution in [3.8, 4) is 0 Å². The molecule has 0 spiro atoms. The molecule has 0 unspecified atom stereocenters. The van der Waals surface area contributed by atoms with Gasteiger partial charge in [-0.2, -0.15) is 0 Å². The van der Waals surface area contributed by atoms with Gasteiger partial charge in [0.1, 0.15) is 23.0 Å². The van der Waals surface area contributed by atoms with Gasteiger partial charge >= 0.3 is 5.97 Å². The highest BCUT2D eigenvalue weighted by atomic mass is 32.1. The first-order valence-corrected chi connectivity index (χ1v) is 6.37. The Bertz CT molecular complexity index is 545. The standard InChI is InChI=1S/C12H13NO5S/c14-7-4-16-10-8(5-17-9(7)10)18-12(15)6-2-1-3-13-11(6)19/h1-3,7-10,14H,4-5H2,(H,13,19)/t7-,8+,9+,10+/m0/s1. The highest BCUT2D eigenvalue weighted by Crippen LogP contribution is 2.29. The number of hydrogen-bond donors (Lipinski definition) is 2. The third-order valence-electron chi connectivity index (χ3n) is 3.28. The second-order valence-electron chi connectivity index (χ2n) is 4.52. The van der Waals surface area contributed by atoms with E-state index in [-0.39, 0.29) is 13.2 Å². The van der Waals surface area contributed by atoms with Crippen LogP contribution in [0.3, 0.4) is 0 Å². The van der Waals surface area contributed by atoms with Gasteiger partial charge in [-0.25, -0.2) is 4.79 Å². The summed E-state index contributed by atoms with van der Waals surface area (Å²) in [6.45, 7) is 0.427. The van der Waals surface area contributed by atoms with Crippen LogP contribution >= 0.6 is 12.2 Å². The quantitative estimate of drug-likeness (QED) is 0.605. The van der Waals surface area contributed by atoms with Gasteiger partial charge in [-0.15, -0.1) is 0 Å². The Morgan fingerprint density at radius 2 is 2.21 bits per heavy atom. The molecule has 1 aromatic rings. The number of ether oxygens (including phenoxy) is 3. The number of pyridine rings is 1. The molecule has 2 fully saturated rings. The zero-order valence-corrected chi connectivity index (χ0v) is 10.8. The maximum atomic E-state index is 12.0. The van der Waals surface area contributed by atoms with Gasteiger partial charge in [-0.05, 0) is 12.1 Å².